The Balaban J connectivity index is 0.00000106. The average molecular weight is 236 g/mol. The number of rotatable bonds is 3. The molecule has 2 nitrogen and oxygen atoms in total. The molecule has 2 N–H and O–H groups in total. The molecule has 92 valence electrons. The first-order valence-electron chi connectivity index (χ1n) is 4.76. The predicted molar refractivity (Wildman–Crippen MR) is 55.0 cm³/mol. The Bertz CT molecular complexity index is 280. The molecule has 5 heteroatoms. The van der Waals surface area contributed by atoms with Crippen LogP contribution in [-0.2, 0) is 12.6 Å². The second-order valence-electron chi connectivity index (χ2n) is 3.02. The number of halogens is 3. The maximum atomic E-state index is 12.1. The van der Waals surface area contributed by atoms with Crippen LogP contribution in [0.15, 0.2) is 24.3 Å². The van der Waals surface area contributed by atoms with E-state index in [0.29, 0.717) is 12.8 Å². The van der Waals surface area contributed by atoms with Crippen molar-refractivity contribution in [2.24, 2.45) is 0 Å². The topological polar surface area (TPSA) is 40.5 Å². The van der Waals surface area contributed by atoms with Crippen molar-refractivity contribution in [1.29, 1.82) is 0 Å². The summed E-state index contributed by atoms with van der Waals surface area (Å²) in [6.07, 6.45) is -3.09. The van der Waals surface area contributed by atoms with Crippen molar-refractivity contribution in [2.75, 3.05) is 13.7 Å². The van der Waals surface area contributed by atoms with Gasteiger partial charge in [0, 0.05) is 13.7 Å². The SMILES string of the molecule is CO.OCCCc1ccc(C(F)(F)F)cc1. The fourth-order valence-electron chi connectivity index (χ4n) is 1.14. The molecule has 0 atom stereocenters. The van der Waals surface area contributed by atoms with Crippen molar-refractivity contribution < 1.29 is 23.4 Å². The number of alkyl halides is 3. The van der Waals surface area contributed by atoms with E-state index < -0.39 is 11.7 Å². The Morgan fingerprint density at radius 2 is 1.56 bits per heavy atom. The van der Waals surface area contributed by atoms with E-state index in [2.05, 4.69) is 0 Å². The molecule has 1 rings (SSSR count). The Morgan fingerprint density at radius 3 is 1.94 bits per heavy atom. The first kappa shape index (κ1) is 14.9. The van der Waals surface area contributed by atoms with E-state index in [1.54, 1.807) is 0 Å². The molecule has 1 aromatic rings. The number of aryl methyl sites for hydroxylation is 1. The number of hydrogen-bond acceptors (Lipinski definition) is 2. The molecule has 0 spiro atoms. The molecular formula is C11H15F3O2. The normalized spacial score (nSPS) is 10.6. The van der Waals surface area contributed by atoms with E-state index in [1.807, 2.05) is 0 Å². The zero-order valence-electron chi connectivity index (χ0n) is 8.96. The highest BCUT2D eigenvalue weighted by Gasteiger charge is 2.29. The van der Waals surface area contributed by atoms with Gasteiger partial charge in [0.15, 0.2) is 0 Å². The minimum Gasteiger partial charge on any atom is -0.400 e. The molecular weight excluding hydrogens is 221 g/mol. The summed E-state index contributed by atoms with van der Waals surface area (Å²) in [5.41, 5.74) is 0.178. The van der Waals surface area contributed by atoms with Crippen molar-refractivity contribution in [2.45, 2.75) is 19.0 Å². The lowest BCUT2D eigenvalue weighted by Gasteiger charge is -2.06. The molecule has 0 heterocycles. The third-order valence-corrected chi connectivity index (χ3v) is 1.90. The van der Waals surface area contributed by atoms with Crippen molar-refractivity contribution >= 4 is 0 Å². The van der Waals surface area contributed by atoms with Gasteiger partial charge in [0.1, 0.15) is 0 Å². The summed E-state index contributed by atoms with van der Waals surface area (Å²) in [7, 11) is 1.00. The lowest BCUT2D eigenvalue weighted by atomic mass is 10.1. The summed E-state index contributed by atoms with van der Waals surface area (Å²) in [5.74, 6) is 0. The molecule has 0 bridgehead atoms. The minimum atomic E-state index is -4.27. The molecule has 0 radical (unpaired) electrons. The second-order valence-corrected chi connectivity index (χ2v) is 3.02. The lowest BCUT2D eigenvalue weighted by molar-refractivity contribution is -0.137. The molecule has 1 aromatic carbocycles. The van der Waals surface area contributed by atoms with Gasteiger partial charge < -0.3 is 10.2 Å². The van der Waals surface area contributed by atoms with E-state index in [9.17, 15) is 13.2 Å². The monoisotopic (exact) mass is 236 g/mol. The second kappa shape index (κ2) is 7.24. The summed E-state index contributed by atoms with van der Waals surface area (Å²) in [6.45, 7) is 0.0566. The smallest absolute Gasteiger partial charge is 0.400 e. The van der Waals surface area contributed by atoms with Gasteiger partial charge >= 0.3 is 6.18 Å². The van der Waals surface area contributed by atoms with Gasteiger partial charge in [-0.25, -0.2) is 0 Å². The fraction of sp³-hybridized carbons (Fsp3) is 0.455. The van der Waals surface area contributed by atoms with E-state index in [1.165, 1.54) is 12.1 Å². The van der Waals surface area contributed by atoms with Crippen molar-refractivity contribution in [1.82, 2.24) is 0 Å². The Morgan fingerprint density at radius 1 is 1.06 bits per heavy atom. The quantitative estimate of drug-likeness (QED) is 0.845. The Hall–Kier alpha value is -1.07. The van der Waals surface area contributed by atoms with Crippen LogP contribution in [0.1, 0.15) is 17.5 Å². The van der Waals surface area contributed by atoms with E-state index in [0.717, 1.165) is 24.8 Å². The molecule has 0 aliphatic carbocycles. The van der Waals surface area contributed by atoms with Gasteiger partial charge in [-0.1, -0.05) is 12.1 Å². The minimum absolute atomic E-state index is 0.0566. The van der Waals surface area contributed by atoms with Crippen LogP contribution in [0.4, 0.5) is 13.2 Å². The standard InChI is InChI=1S/C10H11F3O.CH4O/c11-10(12,13)9-5-3-8(4-6-9)2-1-7-14;1-2/h3-6,14H,1-2,7H2;2H,1H3. The van der Waals surface area contributed by atoms with Crippen molar-refractivity contribution in [3.8, 4) is 0 Å². The average Bonchev–Trinajstić information content (AvgIpc) is 2.28. The molecule has 0 aliphatic rings. The zero-order chi connectivity index (χ0) is 12.6. The van der Waals surface area contributed by atoms with Crippen LogP contribution >= 0.6 is 0 Å². The molecule has 16 heavy (non-hydrogen) atoms. The molecule has 0 unspecified atom stereocenters. The van der Waals surface area contributed by atoms with Gasteiger partial charge in [-0.2, -0.15) is 13.2 Å². The first-order valence-corrected chi connectivity index (χ1v) is 4.76. The van der Waals surface area contributed by atoms with Crippen molar-refractivity contribution in [3.05, 3.63) is 35.4 Å². The van der Waals surface area contributed by atoms with E-state index >= 15 is 0 Å². The Kier molecular flexibility index (Phi) is 6.76. The summed E-state index contributed by atoms with van der Waals surface area (Å²) in [5, 5.41) is 15.5. The predicted octanol–water partition coefficient (Wildman–Crippen LogP) is 2.24. The number of benzene rings is 1. The van der Waals surface area contributed by atoms with Crippen molar-refractivity contribution in [3.63, 3.8) is 0 Å². The number of hydrogen-bond donors (Lipinski definition) is 2. The molecule has 0 aromatic heterocycles. The number of aliphatic hydroxyl groups is 2. The van der Waals surface area contributed by atoms with E-state index in [-0.39, 0.29) is 6.61 Å². The van der Waals surface area contributed by atoms with Crippen LogP contribution in [0.25, 0.3) is 0 Å². The molecule has 0 fully saturated rings. The maximum Gasteiger partial charge on any atom is 0.416 e. The highest BCUT2D eigenvalue weighted by atomic mass is 19.4. The highest BCUT2D eigenvalue weighted by molar-refractivity contribution is 5.24. The summed E-state index contributed by atoms with van der Waals surface area (Å²) in [6, 6.07) is 5.01. The maximum absolute atomic E-state index is 12.1. The van der Waals surface area contributed by atoms with Gasteiger partial charge in [0.25, 0.3) is 0 Å². The summed E-state index contributed by atoms with van der Waals surface area (Å²) in [4.78, 5) is 0. The third-order valence-electron chi connectivity index (χ3n) is 1.90. The number of aliphatic hydroxyl groups excluding tert-OH is 2. The van der Waals surface area contributed by atoms with Crippen LogP contribution in [0.5, 0.6) is 0 Å². The van der Waals surface area contributed by atoms with Crippen LogP contribution in [0, 0.1) is 0 Å². The van der Waals surface area contributed by atoms with Crippen LogP contribution in [-0.4, -0.2) is 23.9 Å². The van der Waals surface area contributed by atoms with Gasteiger partial charge in [0.05, 0.1) is 5.56 Å². The Labute approximate surface area is 92.3 Å². The van der Waals surface area contributed by atoms with Gasteiger partial charge in [-0.15, -0.1) is 0 Å². The van der Waals surface area contributed by atoms with Gasteiger partial charge in [-0.3, -0.25) is 0 Å². The first-order chi connectivity index (χ1) is 7.54. The molecule has 0 saturated heterocycles. The lowest BCUT2D eigenvalue weighted by Crippen LogP contribution is -2.04. The third kappa shape index (κ3) is 5.14. The molecule has 0 amide bonds. The van der Waals surface area contributed by atoms with E-state index in [4.69, 9.17) is 10.2 Å². The molecule has 0 saturated carbocycles. The van der Waals surface area contributed by atoms with Gasteiger partial charge in [0.2, 0.25) is 0 Å². The fourth-order valence-corrected chi connectivity index (χ4v) is 1.14. The van der Waals surface area contributed by atoms with Gasteiger partial charge in [-0.05, 0) is 30.5 Å². The summed E-state index contributed by atoms with van der Waals surface area (Å²) >= 11 is 0. The van der Waals surface area contributed by atoms with Crippen LogP contribution < -0.4 is 0 Å². The summed E-state index contributed by atoms with van der Waals surface area (Å²) < 4.78 is 36.4. The molecule has 0 aliphatic heterocycles. The largest absolute Gasteiger partial charge is 0.416 e. The highest BCUT2D eigenvalue weighted by Crippen LogP contribution is 2.29. The van der Waals surface area contributed by atoms with Crippen LogP contribution in [0.2, 0.25) is 0 Å². The van der Waals surface area contributed by atoms with Crippen LogP contribution in [0.3, 0.4) is 0 Å². The zero-order valence-corrected chi connectivity index (χ0v) is 8.96.